The molecule has 7 atom stereocenters. The van der Waals surface area contributed by atoms with Crippen LogP contribution >= 0.6 is 0 Å². The second-order valence-corrected chi connectivity index (χ2v) is 11.0. The Bertz CT molecular complexity index is 786. The first-order chi connectivity index (χ1) is 15.3. The molecule has 0 aromatic rings. The molecule has 3 rings (SSSR count). The number of fused-ring (bicyclic) bond motifs is 1. The van der Waals surface area contributed by atoms with Crippen molar-refractivity contribution in [3.05, 3.63) is 35.5 Å². The summed E-state index contributed by atoms with van der Waals surface area (Å²) < 4.78 is 23.6. The molecule has 3 fully saturated rings. The first-order valence-corrected chi connectivity index (χ1v) is 11.9. The molecular weight excluding hydrogens is 372 g/mol. The zero-order valence-electron chi connectivity index (χ0n) is 22.4. The molecule has 0 aromatic heterocycles. The van der Waals surface area contributed by atoms with Crippen LogP contribution in [0.15, 0.2) is 35.5 Å². The molecule has 0 radical (unpaired) electrons. The second-order valence-electron chi connectivity index (χ2n) is 11.0. The molecule has 0 heterocycles. The predicted octanol–water partition coefficient (Wildman–Crippen LogP) is 5.70. The number of hydrogen-bond acceptors (Lipinski definition) is 3. The van der Waals surface area contributed by atoms with Crippen LogP contribution in [0.4, 0.5) is 0 Å². The number of aliphatic hydroxyl groups excluding tert-OH is 1. The third-order valence-corrected chi connectivity index (χ3v) is 8.15. The molecule has 3 saturated carbocycles. The molecule has 3 N–H and O–H groups in total. The molecule has 3 heteroatoms. The number of aliphatic hydroxyl groups is 3. The fourth-order valence-corrected chi connectivity index (χ4v) is 6.47. The Kier molecular flexibility index (Phi) is 6.13. The highest BCUT2D eigenvalue weighted by atomic mass is 16.3. The lowest BCUT2D eigenvalue weighted by atomic mass is 9.60. The molecule has 0 aliphatic heterocycles. The van der Waals surface area contributed by atoms with E-state index < -0.39 is 24.2 Å². The topological polar surface area (TPSA) is 60.7 Å². The summed E-state index contributed by atoms with van der Waals surface area (Å²) in [5.74, 6) is 1.87. The van der Waals surface area contributed by atoms with Gasteiger partial charge < -0.3 is 15.3 Å². The fourth-order valence-electron chi connectivity index (χ4n) is 6.47. The zero-order valence-corrected chi connectivity index (χ0v) is 19.4. The highest BCUT2D eigenvalue weighted by molar-refractivity contribution is 5.38. The molecule has 3 nitrogen and oxygen atoms in total. The predicted molar refractivity (Wildman–Crippen MR) is 124 cm³/mol. The molecule has 30 heavy (non-hydrogen) atoms. The summed E-state index contributed by atoms with van der Waals surface area (Å²) in [7, 11) is 0. The maximum Gasteiger partial charge on any atom is 0.210 e. The van der Waals surface area contributed by atoms with Gasteiger partial charge in [0.05, 0.1) is 19.2 Å². The van der Waals surface area contributed by atoms with Gasteiger partial charge in [-0.3, -0.25) is 0 Å². The first kappa shape index (κ1) is 19.8. The maximum absolute atomic E-state index is 10.4. The minimum Gasteiger partial charge on any atom is -0.393 e. The van der Waals surface area contributed by atoms with Crippen molar-refractivity contribution in [2.75, 3.05) is 0 Å². The fraction of sp³-hybridized carbons (Fsp3) is 0.778. The number of rotatable bonds is 7. The van der Waals surface area contributed by atoms with E-state index in [1.54, 1.807) is 0 Å². The average molecular weight is 420 g/mol. The van der Waals surface area contributed by atoms with Crippen LogP contribution in [-0.2, 0) is 0 Å². The highest BCUT2D eigenvalue weighted by Crippen LogP contribution is 2.60. The summed E-state index contributed by atoms with van der Waals surface area (Å²) in [5.41, 5.74) is 2.32. The Balaban J connectivity index is 1.75. The van der Waals surface area contributed by atoms with E-state index in [-0.39, 0.29) is 11.8 Å². The van der Waals surface area contributed by atoms with Crippen LogP contribution in [0.1, 0.15) is 94.6 Å². The summed E-state index contributed by atoms with van der Waals surface area (Å²) in [6, 6.07) is 0. The van der Waals surface area contributed by atoms with Crippen molar-refractivity contribution in [1.29, 1.82) is 1.43 Å². The minimum absolute atomic E-state index is 0.0904. The quantitative estimate of drug-likeness (QED) is 0.496. The van der Waals surface area contributed by atoms with E-state index in [9.17, 15) is 10.2 Å². The van der Waals surface area contributed by atoms with E-state index in [4.69, 9.17) is 4.17 Å². The van der Waals surface area contributed by atoms with E-state index >= 15 is 0 Å². The Hall–Kier alpha value is -0.900. The van der Waals surface area contributed by atoms with E-state index in [2.05, 4.69) is 31.6 Å². The second kappa shape index (κ2) is 9.30. The van der Waals surface area contributed by atoms with Gasteiger partial charge in [-0.25, -0.2) is 0 Å². The van der Waals surface area contributed by atoms with Gasteiger partial charge in [-0.15, -0.1) is 0 Å². The number of hydrogen-bond donors (Lipinski definition) is 3. The Labute approximate surface area is 188 Å². The minimum atomic E-state index is -1.77. The van der Waals surface area contributed by atoms with Gasteiger partial charge >= 0.3 is 0 Å². The molecule has 0 amide bonds. The summed E-state index contributed by atoms with van der Waals surface area (Å²) in [6.07, 6.45) is 9.01. The normalized spacial score (nSPS) is 45.1. The van der Waals surface area contributed by atoms with Crippen molar-refractivity contribution in [3.8, 4) is 0 Å². The molecule has 0 spiro atoms. The van der Waals surface area contributed by atoms with Crippen LogP contribution in [0.2, 0.25) is 0 Å². The molecule has 2 unspecified atom stereocenters. The van der Waals surface area contributed by atoms with Crippen LogP contribution in [0, 0.1) is 23.2 Å². The van der Waals surface area contributed by atoms with Crippen molar-refractivity contribution >= 4 is 0 Å². The zero-order chi connectivity index (χ0) is 24.6. The number of allylic oxidation sites excluding steroid dienone is 3. The highest BCUT2D eigenvalue weighted by Gasteiger charge is 2.50. The van der Waals surface area contributed by atoms with Crippen molar-refractivity contribution in [2.45, 2.75) is 110 Å². The maximum atomic E-state index is 10.4. The van der Waals surface area contributed by atoms with Crippen molar-refractivity contribution in [1.82, 2.24) is 0 Å². The molecule has 170 valence electrons. The van der Waals surface area contributed by atoms with Crippen LogP contribution in [0.5, 0.6) is 0 Å². The molecule has 0 bridgehead atoms. The molecule has 3 aliphatic carbocycles. The lowest BCUT2D eigenvalue weighted by molar-refractivity contribution is 0.0596. The SMILES string of the molecule is [2H]O[C@]1([2H])CC(=CC=C2CCC[C@@]3(C)C2CC[C@@H]3[C@H](C)CCCC(C)(C)O)C(=C)[C@@H](O)C1[2H]. The molecule has 0 aromatic carbocycles. The van der Waals surface area contributed by atoms with Gasteiger partial charge in [0.15, 0.2) is 0 Å². The average Bonchev–Trinajstić information content (AvgIpc) is 3.10. The van der Waals surface area contributed by atoms with Gasteiger partial charge in [-0.1, -0.05) is 51.0 Å². The lowest BCUT2D eigenvalue weighted by Crippen LogP contribution is -2.36. The first-order valence-electron chi connectivity index (χ1n) is 13.4. The third kappa shape index (κ3) is 5.29. The molecule has 0 saturated heterocycles. The summed E-state index contributed by atoms with van der Waals surface area (Å²) >= 11 is 0. The van der Waals surface area contributed by atoms with Gasteiger partial charge in [-0.2, -0.15) is 0 Å². The lowest BCUT2D eigenvalue weighted by Gasteiger charge is -2.44. The van der Waals surface area contributed by atoms with Gasteiger partial charge in [-0.05, 0) is 93.1 Å². The summed E-state index contributed by atoms with van der Waals surface area (Å²) in [5, 5.41) is 25.0. The Morgan fingerprint density at radius 1 is 1.40 bits per heavy atom. The largest absolute Gasteiger partial charge is 0.393 e. The molecule has 3 aliphatic rings. The van der Waals surface area contributed by atoms with E-state index in [0.717, 1.165) is 25.7 Å². The van der Waals surface area contributed by atoms with Gasteiger partial charge in [0.1, 0.15) is 0 Å². The van der Waals surface area contributed by atoms with E-state index in [0.29, 0.717) is 28.9 Å². The van der Waals surface area contributed by atoms with Crippen LogP contribution in [-0.4, -0.2) is 34.5 Å². The smallest absolute Gasteiger partial charge is 0.210 e. The van der Waals surface area contributed by atoms with E-state index in [1.807, 2.05) is 19.9 Å². The Morgan fingerprint density at radius 2 is 2.17 bits per heavy atom. The third-order valence-electron chi connectivity index (χ3n) is 8.15. The van der Waals surface area contributed by atoms with Crippen molar-refractivity contribution in [2.24, 2.45) is 23.2 Å². The van der Waals surface area contributed by atoms with Gasteiger partial charge in [0, 0.05) is 7.77 Å². The van der Waals surface area contributed by atoms with Crippen LogP contribution in [0.3, 0.4) is 0 Å². The standard InChI is InChI=1S/C27H44O3/c1-18(8-6-14-26(3,4)30)23-12-13-24-20(9-7-15-27(23,24)5)10-11-21-16-22(28)17-25(29)19(21)2/h10-11,18,22-25,28-30H,2,6-9,12-17H2,1,3-5H3/t18-,22-,23-,24?,25+,27-/m1/s1/i17D,22D,28D/t17?,18-,22-,23-,24?,25+,27-. The van der Waals surface area contributed by atoms with Crippen molar-refractivity contribution in [3.63, 3.8) is 0 Å². The van der Waals surface area contributed by atoms with Gasteiger partial charge in [0.2, 0.25) is 1.43 Å². The summed E-state index contributed by atoms with van der Waals surface area (Å²) in [4.78, 5) is 0. The van der Waals surface area contributed by atoms with Crippen LogP contribution < -0.4 is 0 Å². The molecular formula is C27H44O3. The van der Waals surface area contributed by atoms with Crippen molar-refractivity contribution < 1.29 is 18.1 Å². The van der Waals surface area contributed by atoms with E-state index in [1.165, 1.54) is 31.3 Å². The summed E-state index contributed by atoms with van der Waals surface area (Å²) in [6.45, 7) is 12.6. The van der Waals surface area contributed by atoms with Gasteiger partial charge in [0.25, 0.3) is 0 Å². The van der Waals surface area contributed by atoms with Crippen LogP contribution in [0.25, 0.3) is 0 Å². The Morgan fingerprint density at radius 3 is 2.87 bits per heavy atom. The monoisotopic (exact) mass is 419 g/mol.